The number of hydrogen-bond acceptors (Lipinski definition) is 3. The van der Waals surface area contributed by atoms with E-state index in [1.54, 1.807) is 0 Å². The molecule has 1 aliphatic rings. The fourth-order valence-corrected chi connectivity index (χ4v) is 2.10. The van der Waals surface area contributed by atoms with Crippen LogP contribution in [0.1, 0.15) is 38.7 Å². The zero-order chi connectivity index (χ0) is 12.8. The third-order valence-corrected chi connectivity index (χ3v) is 3.13. The molecule has 1 aromatic carbocycles. The van der Waals surface area contributed by atoms with E-state index in [1.807, 2.05) is 12.1 Å². The van der Waals surface area contributed by atoms with Crippen LogP contribution in [0.5, 0.6) is 11.5 Å². The van der Waals surface area contributed by atoms with Gasteiger partial charge in [0.15, 0.2) is 0 Å². The molecule has 0 bridgehead atoms. The molecule has 0 N–H and O–H groups in total. The maximum atomic E-state index is 5.76. The molecule has 0 aromatic heterocycles. The Kier molecular flexibility index (Phi) is 4.88. The van der Waals surface area contributed by atoms with Crippen LogP contribution >= 0.6 is 0 Å². The minimum Gasteiger partial charge on any atom is -0.494 e. The second-order valence-corrected chi connectivity index (χ2v) is 4.80. The number of rotatable bonds is 6. The van der Waals surface area contributed by atoms with E-state index in [1.165, 1.54) is 18.4 Å². The van der Waals surface area contributed by atoms with Crippen molar-refractivity contribution in [3.8, 4) is 11.5 Å². The maximum Gasteiger partial charge on any atom is 0.142 e. The van der Waals surface area contributed by atoms with Gasteiger partial charge in [0, 0.05) is 18.7 Å². The van der Waals surface area contributed by atoms with E-state index in [-0.39, 0.29) is 0 Å². The van der Waals surface area contributed by atoms with Gasteiger partial charge >= 0.3 is 0 Å². The number of ether oxygens (including phenoxy) is 2. The Morgan fingerprint density at radius 3 is 2.94 bits per heavy atom. The summed E-state index contributed by atoms with van der Waals surface area (Å²) in [4.78, 5) is 2.34. The third kappa shape index (κ3) is 3.39. The lowest BCUT2D eigenvalue weighted by Gasteiger charge is -2.29. The van der Waals surface area contributed by atoms with Gasteiger partial charge in [-0.2, -0.15) is 0 Å². The van der Waals surface area contributed by atoms with E-state index in [0.717, 1.165) is 37.6 Å². The van der Waals surface area contributed by atoms with Crippen LogP contribution in [-0.2, 0) is 6.54 Å². The summed E-state index contributed by atoms with van der Waals surface area (Å²) >= 11 is 0. The summed E-state index contributed by atoms with van der Waals surface area (Å²) in [6.07, 6.45) is 3.49. The second kappa shape index (κ2) is 6.64. The minimum atomic E-state index is 0.710. The highest BCUT2D eigenvalue weighted by Gasteiger charge is 2.17. The molecule has 2 rings (SSSR count). The molecular formula is C15H23NO2. The van der Waals surface area contributed by atoms with Crippen molar-refractivity contribution >= 4 is 0 Å². The van der Waals surface area contributed by atoms with Crippen LogP contribution in [0.2, 0.25) is 0 Å². The SMILES string of the molecule is CCCCN1COc2ccc(OCCC)cc2C1. The zero-order valence-electron chi connectivity index (χ0n) is 11.4. The first-order valence-electron chi connectivity index (χ1n) is 6.94. The van der Waals surface area contributed by atoms with Gasteiger partial charge in [0.25, 0.3) is 0 Å². The molecule has 0 fully saturated rings. The van der Waals surface area contributed by atoms with Crippen molar-refractivity contribution < 1.29 is 9.47 Å². The van der Waals surface area contributed by atoms with Gasteiger partial charge in [0.1, 0.15) is 18.2 Å². The Morgan fingerprint density at radius 2 is 2.17 bits per heavy atom. The van der Waals surface area contributed by atoms with Gasteiger partial charge in [-0.05, 0) is 31.0 Å². The molecular weight excluding hydrogens is 226 g/mol. The molecule has 0 saturated carbocycles. The molecule has 0 aliphatic carbocycles. The van der Waals surface area contributed by atoms with Crippen molar-refractivity contribution in [3.05, 3.63) is 23.8 Å². The van der Waals surface area contributed by atoms with Gasteiger partial charge in [0.2, 0.25) is 0 Å². The van der Waals surface area contributed by atoms with Crippen molar-refractivity contribution in [2.75, 3.05) is 19.9 Å². The molecule has 18 heavy (non-hydrogen) atoms. The van der Waals surface area contributed by atoms with Gasteiger partial charge in [0.05, 0.1) is 6.61 Å². The highest BCUT2D eigenvalue weighted by molar-refractivity contribution is 5.41. The smallest absolute Gasteiger partial charge is 0.142 e. The number of fused-ring (bicyclic) bond motifs is 1. The van der Waals surface area contributed by atoms with Gasteiger partial charge in [-0.15, -0.1) is 0 Å². The topological polar surface area (TPSA) is 21.7 Å². The first-order chi connectivity index (χ1) is 8.83. The summed E-state index contributed by atoms with van der Waals surface area (Å²) in [5, 5.41) is 0. The molecule has 3 nitrogen and oxygen atoms in total. The van der Waals surface area contributed by atoms with Gasteiger partial charge < -0.3 is 9.47 Å². The van der Waals surface area contributed by atoms with Crippen LogP contribution in [0.3, 0.4) is 0 Å². The van der Waals surface area contributed by atoms with E-state index in [9.17, 15) is 0 Å². The van der Waals surface area contributed by atoms with Crippen LogP contribution in [-0.4, -0.2) is 24.8 Å². The van der Waals surface area contributed by atoms with E-state index in [0.29, 0.717) is 6.73 Å². The quantitative estimate of drug-likeness (QED) is 0.771. The Labute approximate surface area is 110 Å². The molecule has 0 amide bonds. The lowest BCUT2D eigenvalue weighted by molar-refractivity contribution is 0.0937. The zero-order valence-corrected chi connectivity index (χ0v) is 11.4. The number of hydrogen-bond donors (Lipinski definition) is 0. The Morgan fingerprint density at radius 1 is 1.28 bits per heavy atom. The summed E-state index contributed by atoms with van der Waals surface area (Å²) in [6.45, 7) is 7.90. The molecule has 100 valence electrons. The molecule has 0 unspecified atom stereocenters. The number of unbranched alkanes of at least 4 members (excludes halogenated alkanes) is 1. The van der Waals surface area contributed by atoms with Crippen LogP contribution in [0.15, 0.2) is 18.2 Å². The fraction of sp³-hybridized carbons (Fsp3) is 0.600. The first-order valence-corrected chi connectivity index (χ1v) is 6.94. The maximum absolute atomic E-state index is 5.76. The predicted octanol–water partition coefficient (Wildman–Crippen LogP) is 3.43. The summed E-state index contributed by atoms with van der Waals surface area (Å²) in [5.41, 5.74) is 1.24. The average molecular weight is 249 g/mol. The molecule has 0 spiro atoms. The summed E-state index contributed by atoms with van der Waals surface area (Å²) in [7, 11) is 0. The van der Waals surface area contributed by atoms with E-state index in [4.69, 9.17) is 9.47 Å². The van der Waals surface area contributed by atoms with Crippen LogP contribution in [0, 0.1) is 0 Å². The lowest BCUT2D eigenvalue weighted by Crippen LogP contribution is -2.32. The van der Waals surface area contributed by atoms with Crippen LogP contribution in [0.25, 0.3) is 0 Å². The largest absolute Gasteiger partial charge is 0.494 e. The average Bonchev–Trinajstić information content (AvgIpc) is 2.42. The molecule has 3 heteroatoms. The van der Waals surface area contributed by atoms with Crippen molar-refractivity contribution in [2.24, 2.45) is 0 Å². The van der Waals surface area contributed by atoms with E-state index in [2.05, 4.69) is 24.8 Å². The molecule has 1 aromatic rings. The van der Waals surface area contributed by atoms with E-state index < -0.39 is 0 Å². The van der Waals surface area contributed by atoms with Crippen LogP contribution < -0.4 is 9.47 Å². The monoisotopic (exact) mass is 249 g/mol. The van der Waals surface area contributed by atoms with Gasteiger partial charge in [-0.1, -0.05) is 20.3 Å². The summed E-state index contributed by atoms with van der Waals surface area (Å²) in [5.74, 6) is 1.96. The second-order valence-electron chi connectivity index (χ2n) is 4.80. The predicted molar refractivity (Wildman–Crippen MR) is 73.0 cm³/mol. The van der Waals surface area contributed by atoms with Crippen molar-refractivity contribution in [1.29, 1.82) is 0 Å². The third-order valence-electron chi connectivity index (χ3n) is 3.13. The van der Waals surface area contributed by atoms with Gasteiger partial charge in [-0.3, -0.25) is 4.90 Å². The van der Waals surface area contributed by atoms with Crippen molar-refractivity contribution in [3.63, 3.8) is 0 Å². The standard InChI is InChI=1S/C15H23NO2/c1-3-5-8-16-11-13-10-14(17-9-4-2)6-7-15(13)18-12-16/h6-7,10H,3-5,8-9,11-12H2,1-2H3. The van der Waals surface area contributed by atoms with Crippen molar-refractivity contribution in [1.82, 2.24) is 4.90 Å². The van der Waals surface area contributed by atoms with Crippen molar-refractivity contribution in [2.45, 2.75) is 39.7 Å². The Hall–Kier alpha value is -1.22. The summed E-state index contributed by atoms with van der Waals surface area (Å²) in [6, 6.07) is 6.14. The molecule has 1 aliphatic heterocycles. The Balaban J connectivity index is 2.00. The highest BCUT2D eigenvalue weighted by Crippen LogP contribution is 2.29. The van der Waals surface area contributed by atoms with E-state index >= 15 is 0 Å². The normalized spacial score (nSPS) is 15.0. The molecule has 0 atom stereocenters. The fourth-order valence-electron chi connectivity index (χ4n) is 2.10. The first kappa shape index (κ1) is 13.2. The Bertz CT molecular complexity index is 379. The minimum absolute atomic E-state index is 0.710. The summed E-state index contributed by atoms with van der Waals surface area (Å²) < 4.78 is 11.4. The molecule has 0 radical (unpaired) electrons. The molecule has 1 heterocycles. The lowest BCUT2D eigenvalue weighted by atomic mass is 10.1. The number of nitrogens with zero attached hydrogens (tertiary/aromatic N) is 1. The number of benzene rings is 1. The molecule has 0 saturated heterocycles. The van der Waals surface area contributed by atoms with Gasteiger partial charge in [-0.25, -0.2) is 0 Å². The van der Waals surface area contributed by atoms with Crippen LogP contribution in [0.4, 0.5) is 0 Å². The highest BCUT2D eigenvalue weighted by atomic mass is 16.5.